The summed E-state index contributed by atoms with van der Waals surface area (Å²) in [4.78, 5) is 11.4. The number of hydrogen-bond donors (Lipinski definition) is 7. The highest BCUT2D eigenvalue weighted by molar-refractivity contribution is 5.73. The normalized spacial score (nSPS) is 46.9. The molecule has 12 nitrogen and oxygen atoms in total. The van der Waals surface area contributed by atoms with Crippen LogP contribution in [-0.4, -0.2) is 119 Å². The zero-order valence-electron chi connectivity index (χ0n) is 14.2. The Labute approximate surface area is 148 Å². The van der Waals surface area contributed by atoms with Crippen molar-refractivity contribution in [1.29, 1.82) is 0 Å². The van der Waals surface area contributed by atoms with Gasteiger partial charge in [0, 0.05) is 7.11 Å². The van der Waals surface area contributed by atoms with Crippen LogP contribution in [-0.2, 0) is 23.7 Å². The summed E-state index contributed by atoms with van der Waals surface area (Å²) in [6, 6.07) is -0.802. The topological polar surface area (TPSA) is 187 Å². The summed E-state index contributed by atoms with van der Waals surface area (Å²) in [6.07, 6.45) is -13.3. The molecule has 2 saturated heterocycles. The fourth-order valence-electron chi connectivity index (χ4n) is 3.13. The highest BCUT2D eigenvalue weighted by Gasteiger charge is 2.52. The zero-order chi connectivity index (χ0) is 19.6. The van der Waals surface area contributed by atoms with Gasteiger partial charge in [0.1, 0.15) is 36.6 Å². The van der Waals surface area contributed by atoms with Crippen molar-refractivity contribution in [3.63, 3.8) is 0 Å². The standard InChI is InChI=1S/C14H25NO11/c1-15-5-9(23-2)6(17)4(3-16)24-14(5)26-10-7(18)8(19)13(22)25-11(10)12(20)21/h4-11,13-19,22H,3H2,1-2H3,(H,20,21). The van der Waals surface area contributed by atoms with E-state index < -0.39 is 73.9 Å². The number of aliphatic hydroxyl groups excluding tert-OH is 5. The molecule has 0 spiro atoms. The van der Waals surface area contributed by atoms with Gasteiger partial charge < -0.3 is 54.9 Å². The summed E-state index contributed by atoms with van der Waals surface area (Å²) in [5.41, 5.74) is 0. The minimum Gasteiger partial charge on any atom is -0.479 e. The second kappa shape index (κ2) is 8.84. The van der Waals surface area contributed by atoms with Crippen molar-refractivity contribution in [3.05, 3.63) is 0 Å². The highest BCUT2D eigenvalue weighted by atomic mass is 16.7. The summed E-state index contributed by atoms with van der Waals surface area (Å²) in [5, 5.41) is 61.0. The molecule has 0 aromatic carbocycles. The van der Waals surface area contributed by atoms with E-state index in [9.17, 15) is 35.4 Å². The maximum atomic E-state index is 11.4. The quantitative estimate of drug-likeness (QED) is 0.234. The van der Waals surface area contributed by atoms with Gasteiger partial charge in [-0.15, -0.1) is 0 Å². The first-order valence-corrected chi connectivity index (χ1v) is 7.99. The lowest BCUT2D eigenvalue weighted by Crippen LogP contribution is -2.67. The first-order valence-electron chi connectivity index (χ1n) is 7.99. The van der Waals surface area contributed by atoms with Crippen LogP contribution in [0.5, 0.6) is 0 Å². The van der Waals surface area contributed by atoms with E-state index in [2.05, 4.69) is 5.32 Å². The number of aliphatic hydroxyl groups is 5. The van der Waals surface area contributed by atoms with Crippen LogP contribution in [0, 0.1) is 0 Å². The predicted molar refractivity (Wildman–Crippen MR) is 80.8 cm³/mol. The SMILES string of the molecule is CNC1C(OC2C(C(=O)O)OC(O)C(O)C2O)OC(CO)C(O)C1OC. The van der Waals surface area contributed by atoms with Gasteiger partial charge in [0.2, 0.25) is 0 Å². The van der Waals surface area contributed by atoms with Crippen LogP contribution in [0.3, 0.4) is 0 Å². The molecule has 2 aliphatic rings. The molecular formula is C14H25NO11. The van der Waals surface area contributed by atoms with Gasteiger partial charge >= 0.3 is 5.97 Å². The first-order chi connectivity index (χ1) is 12.3. The van der Waals surface area contributed by atoms with E-state index in [1.54, 1.807) is 0 Å². The maximum Gasteiger partial charge on any atom is 0.335 e. The Balaban J connectivity index is 2.25. The number of aliphatic carboxylic acids is 1. The molecule has 0 aromatic rings. The minimum absolute atomic E-state index is 0.565. The molecule has 0 saturated carbocycles. The Kier molecular flexibility index (Phi) is 7.27. The van der Waals surface area contributed by atoms with Crippen LogP contribution in [0.4, 0.5) is 0 Å². The third kappa shape index (κ3) is 3.99. The number of rotatable bonds is 6. The van der Waals surface area contributed by atoms with E-state index >= 15 is 0 Å². The highest BCUT2D eigenvalue weighted by Crippen LogP contribution is 2.29. The van der Waals surface area contributed by atoms with Gasteiger partial charge in [-0.3, -0.25) is 0 Å². The number of carboxylic acid groups (broad SMARTS) is 1. The Morgan fingerprint density at radius 2 is 1.73 bits per heavy atom. The van der Waals surface area contributed by atoms with Gasteiger partial charge in [0.25, 0.3) is 0 Å². The van der Waals surface area contributed by atoms with E-state index in [1.807, 2.05) is 0 Å². The van der Waals surface area contributed by atoms with E-state index in [1.165, 1.54) is 14.2 Å². The van der Waals surface area contributed by atoms with Gasteiger partial charge in [-0.1, -0.05) is 0 Å². The second-order valence-corrected chi connectivity index (χ2v) is 6.10. The molecule has 10 unspecified atom stereocenters. The number of methoxy groups -OCH3 is 1. The largest absolute Gasteiger partial charge is 0.479 e. The first kappa shape index (κ1) is 21.4. The smallest absolute Gasteiger partial charge is 0.335 e. The van der Waals surface area contributed by atoms with Gasteiger partial charge in [-0.05, 0) is 7.05 Å². The number of nitrogens with one attached hydrogen (secondary N) is 1. The van der Waals surface area contributed by atoms with Crippen molar-refractivity contribution in [3.8, 4) is 0 Å². The van der Waals surface area contributed by atoms with Crippen LogP contribution in [0.15, 0.2) is 0 Å². The minimum atomic E-state index is -1.91. The van der Waals surface area contributed by atoms with Crippen molar-refractivity contribution in [2.75, 3.05) is 20.8 Å². The van der Waals surface area contributed by atoms with Gasteiger partial charge in [0.05, 0.1) is 12.6 Å². The molecule has 0 aromatic heterocycles. The van der Waals surface area contributed by atoms with Crippen molar-refractivity contribution >= 4 is 5.97 Å². The molecule has 26 heavy (non-hydrogen) atoms. The predicted octanol–water partition coefficient (Wildman–Crippen LogP) is -4.42. The van der Waals surface area contributed by atoms with E-state index in [0.717, 1.165) is 0 Å². The Morgan fingerprint density at radius 1 is 1.08 bits per heavy atom. The molecule has 7 N–H and O–H groups in total. The number of likely N-dealkylation sites (N-methyl/N-ethyl adjacent to an activating group) is 1. The lowest BCUT2D eigenvalue weighted by Gasteiger charge is -2.46. The van der Waals surface area contributed by atoms with Crippen molar-refractivity contribution < 1.29 is 54.4 Å². The number of carboxylic acids is 1. The van der Waals surface area contributed by atoms with Crippen LogP contribution < -0.4 is 5.32 Å². The molecule has 2 rings (SSSR count). The molecule has 0 aliphatic carbocycles. The van der Waals surface area contributed by atoms with Crippen LogP contribution in [0.2, 0.25) is 0 Å². The zero-order valence-corrected chi connectivity index (χ0v) is 14.2. The molecule has 152 valence electrons. The molecule has 10 atom stereocenters. The maximum absolute atomic E-state index is 11.4. The van der Waals surface area contributed by atoms with Crippen molar-refractivity contribution in [2.45, 2.75) is 61.3 Å². The number of carbonyl (C=O) groups is 1. The van der Waals surface area contributed by atoms with Crippen LogP contribution in [0.1, 0.15) is 0 Å². The summed E-state index contributed by atoms with van der Waals surface area (Å²) < 4.78 is 21.0. The third-order valence-electron chi connectivity index (χ3n) is 4.56. The van der Waals surface area contributed by atoms with Gasteiger partial charge in [-0.25, -0.2) is 4.79 Å². The molecule has 12 heteroatoms. The van der Waals surface area contributed by atoms with Crippen molar-refractivity contribution in [1.82, 2.24) is 5.32 Å². The lowest BCUT2D eigenvalue weighted by molar-refractivity contribution is -0.336. The monoisotopic (exact) mass is 383 g/mol. The molecule has 2 aliphatic heterocycles. The molecular weight excluding hydrogens is 358 g/mol. The fraction of sp³-hybridized carbons (Fsp3) is 0.929. The van der Waals surface area contributed by atoms with E-state index in [4.69, 9.17) is 18.9 Å². The Morgan fingerprint density at radius 3 is 2.23 bits per heavy atom. The lowest BCUT2D eigenvalue weighted by atomic mass is 9.95. The molecule has 0 amide bonds. The van der Waals surface area contributed by atoms with Crippen LogP contribution in [0.25, 0.3) is 0 Å². The molecule has 0 bridgehead atoms. The van der Waals surface area contributed by atoms with Gasteiger partial charge in [-0.2, -0.15) is 0 Å². The second-order valence-electron chi connectivity index (χ2n) is 6.10. The van der Waals surface area contributed by atoms with Crippen LogP contribution >= 0.6 is 0 Å². The van der Waals surface area contributed by atoms with Gasteiger partial charge in [0.15, 0.2) is 18.7 Å². The summed E-state index contributed by atoms with van der Waals surface area (Å²) in [6.45, 7) is -0.565. The number of ether oxygens (including phenoxy) is 4. The average molecular weight is 383 g/mol. The molecule has 2 fully saturated rings. The van der Waals surface area contributed by atoms with E-state index in [0.29, 0.717) is 0 Å². The summed E-state index contributed by atoms with van der Waals surface area (Å²) in [5.74, 6) is -1.53. The Hall–Kier alpha value is -0.930. The molecule has 2 heterocycles. The average Bonchev–Trinajstić information content (AvgIpc) is 2.62. The molecule has 0 radical (unpaired) electrons. The van der Waals surface area contributed by atoms with E-state index in [-0.39, 0.29) is 0 Å². The van der Waals surface area contributed by atoms with Crippen molar-refractivity contribution in [2.24, 2.45) is 0 Å². The summed E-state index contributed by atoms with van der Waals surface area (Å²) in [7, 11) is 2.84. The third-order valence-corrected chi connectivity index (χ3v) is 4.56. The number of hydrogen-bond acceptors (Lipinski definition) is 11. The fourth-order valence-corrected chi connectivity index (χ4v) is 3.13. The summed E-state index contributed by atoms with van der Waals surface area (Å²) >= 11 is 0. The Bertz CT molecular complexity index is 480.